The third-order valence-corrected chi connectivity index (χ3v) is 4.53. The van der Waals surface area contributed by atoms with Gasteiger partial charge in [-0.05, 0) is 48.9 Å². The van der Waals surface area contributed by atoms with Gasteiger partial charge in [-0.2, -0.15) is 13.2 Å². The van der Waals surface area contributed by atoms with Gasteiger partial charge in [0.15, 0.2) is 0 Å². The molecule has 0 bridgehead atoms. The van der Waals surface area contributed by atoms with Gasteiger partial charge in [0, 0.05) is 17.8 Å². The maximum Gasteiger partial charge on any atom is 0.387 e. The standard InChI is InChI=1S/C18H19F3N4O2/c1-2-10-7-11(8-14-13(10)5-6-22-16(14)19)24-18(26)25-15-4-3-12(9-23-15)27-17(20)21/h3-6,9-11,17H,2,7-8H2,1H3,(H2,23,24,25,26)/t10?,11-/m0/s1. The Labute approximate surface area is 154 Å². The highest BCUT2D eigenvalue weighted by Gasteiger charge is 2.29. The number of halogens is 3. The van der Waals surface area contributed by atoms with E-state index in [-0.39, 0.29) is 23.5 Å². The number of aromatic nitrogens is 2. The van der Waals surface area contributed by atoms with Gasteiger partial charge < -0.3 is 10.1 Å². The second kappa shape index (κ2) is 8.24. The van der Waals surface area contributed by atoms with Gasteiger partial charge >= 0.3 is 12.6 Å². The van der Waals surface area contributed by atoms with Crippen molar-refractivity contribution in [3.63, 3.8) is 0 Å². The summed E-state index contributed by atoms with van der Waals surface area (Å²) < 4.78 is 42.5. The highest BCUT2D eigenvalue weighted by atomic mass is 19.3. The van der Waals surface area contributed by atoms with Gasteiger partial charge in [-0.25, -0.2) is 14.8 Å². The van der Waals surface area contributed by atoms with Crippen LogP contribution in [0.4, 0.5) is 23.8 Å². The topological polar surface area (TPSA) is 76.1 Å². The number of pyridine rings is 2. The summed E-state index contributed by atoms with van der Waals surface area (Å²) in [5.74, 6) is -0.284. The van der Waals surface area contributed by atoms with Crippen LogP contribution in [0.5, 0.6) is 5.75 Å². The van der Waals surface area contributed by atoms with Crippen LogP contribution in [0.25, 0.3) is 0 Å². The first-order valence-electron chi connectivity index (χ1n) is 8.58. The molecule has 2 heterocycles. The molecule has 2 amide bonds. The monoisotopic (exact) mass is 380 g/mol. The third-order valence-electron chi connectivity index (χ3n) is 4.53. The molecule has 2 atom stereocenters. The predicted molar refractivity (Wildman–Crippen MR) is 92.4 cm³/mol. The van der Waals surface area contributed by atoms with Crippen LogP contribution in [0.1, 0.15) is 36.8 Å². The Balaban J connectivity index is 1.62. The highest BCUT2D eigenvalue weighted by molar-refractivity contribution is 5.88. The van der Waals surface area contributed by atoms with Gasteiger partial charge in [-0.3, -0.25) is 5.32 Å². The molecule has 0 radical (unpaired) electrons. The van der Waals surface area contributed by atoms with Crippen molar-refractivity contribution in [2.45, 2.75) is 44.8 Å². The summed E-state index contributed by atoms with van der Waals surface area (Å²) in [5.41, 5.74) is 1.48. The van der Waals surface area contributed by atoms with E-state index in [1.165, 1.54) is 18.3 Å². The van der Waals surface area contributed by atoms with Crippen molar-refractivity contribution < 1.29 is 22.7 Å². The lowest BCUT2D eigenvalue weighted by Gasteiger charge is -2.31. The smallest absolute Gasteiger partial charge is 0.387 e. The van der Waals surface area contributed by atoms with Crippen molar-refractivity contribution in [3.05, 3.63) is 47.7 Å². The van der Waals surface area contributed by atoms with Crippen LogP contribution in [0.2, 0.25) is 0 Å². The molecule has 0 saturated heterocycles. The summed E-state index contributed by atoms with van der Waals surface area (Å²) >= 11 is 0. The van der Waals surface area contributed by atoms with Gasteiger partial charge in [0.05, 0.1) is 6.20 Å². The number of hydrogen-bond acceptors (Lipinski definition) is 4. The van der Waals surface area contributed by atoms with Gasteiger partial charge in [0.2, 0.25) is 5.95 Å². The number of anilines is 1. The van der Waals surface area contributed by atoms with Crippen LogP contribution >= 0.6 is 0 Å². The number of hydrogen-bond donors (Lipinski definition) is 2. The van der Waals surface area contributed by atoms with E-state index >= 15 is 0 Å². The Kier molecular flexibility index (Phi) is 5.78. The largest absolute Gasteiger partial charge is 0.433 e. The molecular weight excluding hydrogens is 361 g/mol. The number of carbonyl (C=O) groups is 1. The molecule has 9 heteroatoms. The van der Waals surface area contributed by atoms with Crippen molar-refractivity contribution >= 4 is 11.8 Å². The predicted octanol–water partition coefficient (Wildman–Crippen LogP) is 3.85. The Bertz CT molecular complexity index is 802. The molecule has 27 heavy (non-hydrogen) atoms. The first kappa shape index (κ1) is 18.9. The minimum Gasteiger partial charge on any atom is -0.433 e. The molecule has 0 aliphatic heterocycles. The quantitative estimate of drug-likeness (QED) is 0.773. The van der Waals surface area contributed by atoms with E-state index in [2.05, 4.69) is 25.3 Å². The molecule has 2 aromatic rings. The van der Waals surface area contributed by atoms with Gasteiger partial charge in [-0.1, -0.05) is 6.92 Å². The van der Waals surface area contributed by atoms with E-state index in [1.54, 1.807) is 0 Å². The molecule has 1 aliphatic carbocycles. The maximum atomic E-state index is 14.1. The normalized spacial score (nSPS) is 18.7. The van der Waals surface area contributed by atoms with Crippen LogP contribution in [0, 0.1) is 5.95 Å². The van der Waals surface area contributed by atoms with Crippen molar-refractivity contribution in [1.82, 2.24) is 15.3 Å². The van der Waals surface area contributed by atoms with Crippen LogP contribution in [0.15, 0.2) is 30.6 Å². The number of ether oxygens (including phenoxy) is 1. The second-order valence-corrected chi connectivity index (χ2v) is 6.27. The third kappa shape index (κ3) is 4.66. The average Bonchev–Trinajstić information content (AvgIpc) is 2.63. The summed E-state index contributed by atoms with van der Waals surface area (Å²) in [7, 11) is 0. The Morgan fingerprint density at radius 3 is 2.81 bits per heavy atom. The van der Waals surface area contributed by atoms with E-state index in [0.717, 1.165) is 18.2 Å². The number of fused-ring (bicyclic) bond motifs is 1. The molecule has 2 N–H and O–H groups in total. The van der Waals surface area contributed by atoms with Crippen molar-refractivity contribution in [2.24, 2.45) is 0 Å². The molecule has 0 spiro atoms. The maximum absolute atomic E-state index is 14.1. The minimum atomic E-state index is -2.94. The second-order valence-electron chi connectivity index (χ2n) is 6.27. The van der Waals surface area contributed by atoms with Crippen LogP contribution in [0.3, 0.4) is 0 Å². The Hall–Kier alpha value is -2.84. The Morgan fingerprint density at radius 1 is 1.33 bits per heavy atom. The fourth-order valence-corrected chi connectivity index (χ4v) is 3.33. The van der Waals surface area contributed by atoms with E-state index in [1.807, 2.05) is 13.0 Å². The lowest BCUT2D eigenvalue weighted by molar-refractivity contribution is -0.0500. The number of alkyl halides is 2. The van der Waals surface area contributed by atoms with Crippen LogP contribution in [-0.4, -0.2) is 28.7 Å². The summed E-state index contributed by atoms with van der Waals surface area (Å²) in [4.78, 5) is 19.8. The molecule has 6 nitrogen and oxygen atoms in total. The van der Waals surface area contributed by atoms with E-state index in [0.29, 0.717) is 18.4 Å². The Morgan fingerprint density at radius 2 is 2.15 bits per heavy atom. The van der Waals surface area contributed by atoms with Gasteiger partial charge in [0.25, 0.3) is 0 Å². The first-order valence-corrected chi connectivity index (χ1v) is 8.58. The van der Waals surface area contributed by atoms with Crippen LogP contribution in [-0.2, 0) is 6.42 Å². The molecular formula is C18H19F3N4O2. The zero-order valence-electron chi connectivity index (χ0n) is 14.6. The number of rotatable bonds is 5. The fourth-order valence-electron chi connectivity index (χ4n) is 3.33. The lowest BCUT2D eigenvalue weighted by atomic mass is 9.79. The van der Waals surface area contributed by atoms with E-state index < -0.39 is 18.6 Å². The number of nitrogens with zero attached hydrogens (tertiary/aromatic N) is 2. The number of carbonyl (C=O) groups excluding carboxylic acids is 1. The first-order chi connectivity index (χ1) is 13.0. The fraction of sp³-hybridized carbons (Fsp3) is 0.389. The lowest BCUT2D eigenvalue weighted by Crippen LogP contribution is -2.42. The summed E-state index contributed by atoms with van der Waals surface area (Å²) in [6.07, 6.45) is 4.42. The molecule has 0 fully saturated rings. The van der Waals surface area contributed by atoms with Crippen molar-refractivity contribution in [2.75, 3.05) is 5.32 Å². The minimum absolute atomic E-state index is 0.103. The van der Waals surface area contributed by atoms with Gasteiger partial charge in [-0.15, -0.1) is 0 Å². The van der Waals surface area contributed by atoms with Crippen LogP contribution < -0.4 is 15.4 Å². The molecule has 144 valence electrons. The molecule has 0 saturated carbocycles. The molecule has 1 unspecified atom stereocenters. The highest BCUT2D eigenvalue weighted by Crippen LogP contribution is 2.34. The summed E-state index contributed by atoms with van der Waals surface area (Å²) in [6, 6.07) is 3.71. The SMILES string of the molecule is CCC1C[C@H](NC(=O)Nc2ccc(OC(F)F)cn2)Cc2c1ccnc2F. The molecule has 2 aromatic heterocycles. The number of nitrogens with one attached hydrogen (secondary N) is 2. The molecule has 0 aromatic carbocycles. The van der Waals surface area contributed by atoms with Crippen molar-refractivity contribution in [1.29, 1.82) is 0 Å². The zero-order valence-corrected chi connectivity index (χ0v) is 14.6. The molecule has 3 rings (SSSR count). The summed E-state index contributed by atoms with van der Waals surface area (Å²) in [6.45, 7) is -0.924. The zero-order chi connectivity index (χ0) is 19.4. The average molecular weight is 380 g/mol. The van der Waals surface area contributed by atoms with E-state index in [4.69, 9.17) is 0 Å². The molecule has 1 aliphatic rings. The number of urea groups is 1. The number of amides is 2. The van der Waals surface area contributed by atoms with E-state index in [9.17, 15) is 18.0 Å². The summed E-state index contributed by atoms with van der Waals surface area (Å²) in [5, 5.41) is 5.34. The van der Waals surface area contributed by atoms with Gasteiger partial charge in [0.1, 0.15) is 11.6 Å². The van der Waals surface area contributed by atoms with Crippen molar-refractivity contribution in [3.8, 4) is 5.75 Å².